The van der Waals surface area contributed by atoms with Gasteiger partial charge in [0.2, 0.25) is 0 Å². The highest BCUT2D eigenvalue weighted by Crippen LogP contribution is 2.30. The summed E-state index contributed by atoms with van der Waals surface area (Å²) in [7, 11) is 0. The van der Waals surface area contributed by atoms with Crippen molar-refractivity contribution >= 4 is 0 Å². The first-order valence-electron chi connectivity index (χ1n) is 5.43. The largest absolute Gasteiger partial charge is 0.311 e. The molecule has 12 heavy (non-hydrogen) atoms. The SMILES string of the molecule is CCCC1(CC(C)C)CCCN1. The molecule has 1 N–H and O–H groups in total. The maximum Gasteiger partial charge on any atom is 0.0184 e. The molecular weight excluding hydrogens is 146 g/mol. The predicted octanol–water partition coefficient (Wildman–Crippen LogP) is 2.95. The van der Waals surface area contributed by atoms with Crippen molar-refractivity contribution in [2.75, 3.05) is 6.54 Å². The molecular formula is C11H23N. The fourth-order valence-electron chi connectivity index (χ4n) is 2.62. The zero-order valence-electron chi connectivity index (χ0n) is 8.82. The quantitative estimate of drug-likeness (QED) is 0.682. The maximum atomic E-state index is 3.70. The molecule has 1 rings (SSSR count). The van der Waals surface area contributed by atoms with Crippen molar-refractivity contribution in [1.82, 2.24) is 5.32 Å². The molecule has 1 heterocycles. The molecule has 1 aliphatic heterocycles. The lowest BCUT2D eigenvalue weighted by atomic mass is 9.84. The molecule has 72 valence electrons. The maximum absolute atomic E-state index is 3.70. The van der Waals surface area contributed by atoms with E-state index >= 15 is 0 Å². The van der Waals surface area contributed by atoms with E-state index in [1.807, 2.05) is 0 Å². The van der Waals surface area contributed by atoms with Crippen LogP contribution in [-0.2, 0) is 0 Å². The van der Waals surface area contributed by atoms with Crippen LogP contribution < -0.4 is 5.32 Å². The monoisotopic (exact) mass is 169 g/mol. The number of rotatable bonds is 4. The molecule has 1 atom stereocenters. The van der Waals surface area contributed by atoms with Crippen molar-refractivity contribution in [1.29, 1.82) is 0 Å². The van der Waals surface area contributed by atoms with Crippen LogP contribution in [0.1, 0.15) is 52.9 Å². The van der Waals surface area contributed by atoms with Gasteiger partial charge in [-0.3, -0.25) is 0 Å². The average molecular weight is 169 g/mol. The molecule has 0 aromatic carbocycles. The Morgan fingerprint density at radius 3 is 2.58 bits per heavy atom. The molecule has 1 unspecified atom stereocenters. The zero-order chi connectivity index (χ0) is 9.03. The molecule has 0 aliphatic carbocycles. The van der Waals surface area contributed by atoms with E-state index in [0.29, 0.717) is 5.54 Å². The van der Waals surface area contributed by atoms with Crippen LogP contribution in [0.25, 0.3) is 0 Å². The molecule has 1 heteroatoms. The third-order valence-electron chi connectivity index (χ3n) is 2.86. The lowest BCUT2D eigenvalue weighted by molar-refractivity contribution is 0.281. The summed E-state index contributed by atoms with van der Waals surface area (Å²) in [4.78, 5) is 0. The standard InChI is InChI=1S/C11H23N/c1-4-6-11(9-10(2)3)7-5-8-12-11/h10,12H,4-9H2,1-3H3. The first-order valence-corrected chi connectivity index (χ1v) is 5.43. The van der Waals surface area contributed by atoms with E-state index < -0.39 is 0 Å². The fraction of sp³-hybridized carbons (Fsp3) is 1.00. The smallest absolute Gasteiger partial charge is 0.0184 e. The number of hydrogen-bond donors (Lipinski definition) is 1. The highest BCUT2D eigenvalue weighted by molar-refractivity contribution is 4.92. The van der Waals surface area contributed by atoms with Crippen molar-refractivity contribution in [2.24, 2.45) is 5.92 Å². The Bertz CT molecular complexity index is 123. The third kappa shape index (κ3) is 2.48. The van der Waals surface area contributed by atoms with Crippen LogP contribution >= 0.6 is 0 Å². The lowest BCUT2D eigenvalue weighted by Gasteiger charge is -2.31. The fourth-order valence-corrected chi connectivity index (χ4v) is 2.62. The van der Waals surface area contributed by atoms with Crippen LogP contribution in [0.2, 0.25) is 0 Å². The normalized spacial score (nSPS) is 30.0. The van der Waals surface area contributed by atoms with Crippen LogP contribution in [0.5, 0.6) is 0 Å². The number of hydrogen-bond acceptors (Lipinski definition) is 1. The first kappa shape index (κ1) is 10.0. The van der Waals surface area contributed by atoms with Gasteiger partial charge in [0.05, 0.1) is 0 Å². The molecule has 0 radical (unpaired) electrons. The highest BCUT2D eigenvalue weighted by Gasteiger charge is 2.32. The summed E-state index contributed by atoms with van der Waals surface area (Å²) < 4.78 is 0. The van der Waals surface area contributed by atoms with Gasteiger partial charge in [-0.2, -0.15) is 0 Å². The predicted molar refractivity (Wildman–Crippen MR) is 54.3 cm³/mol. The van der Waals surface area contributed by atoms with Crippen LogP contribution in [0.3, 0.4) is 0 Å². The summed E-state index contributed by atoms with van der Waals surface area (Å²) in [6.45, 7) is 8.20. The molecule has 0 aromatic heterocycles. The van der Waals surface area contributed by atoms with Gasteiger partial charge in [-0.25, -0.2) is 0 Å². The van der Waals surface area contributed by atoms with Gasteiger partial charge in [-0.15, -0.1) is 0 Å². The molecule has 0 saturated carbocycles. The van der Waals surface area contributed by atoms with E-state index in [9.17, 15) is 0 Å². The van der Waals surface area contributed by atoms with Crippen molar-refractivity contribution in [2.45, 2.75) is 58.4 Å². The Kier molecular flexibility index (Phi) is 3.57. The molecule has 0 amide bonds. The van der Waals surface area contributed by atoms with E-state index in [1.54, 1.807) is 0 Å². The van der Waals surface area contributed by atoms with Crippen molar-refractivity contribution in [3.05, 3.63) is 0 Å². The van der Waals surface area contributed by atoms with Crippen LogP contribution in [0, 0.1) is 5.92 Å². The van der Waals surface area contributed by atoms with Crippen LogP contribution in [-0.4, -0.2) is 12.1 Å². The van der Waals surface area contributed by atoms with E-state index in [2.05, 4.69) is 26.1 Å². The van der Waals surface area contributed by atoms with Gasteiger partial charge >= 0.3 is 0 Å². The first-order chi connectivity index (χ1) is 5.68. The molecule has 0 bridgehead atoms. The van der Waals surface area contributed by atoms with Crippen molar-refractivity contribution < 1.29 is 0 Å². The molecule has 0 spiro atoms. The molecule has 1 aliphatic rings. The molecule has 1 nitrogen and oxygen atoms in total. The van der Waals surface area contributed by atoms with Gasteiger partial charge in [-0.05, 0) is 38.1 Å². The van der Waals surface area contributed by atoms with E-state index in [1.165, 1.54) is 38.6 Å². The highest BCUT2D eigenvalue weighted by atomic mass is 15.0. The van der Waals surface area contributed by atoms with Crippen LogP contribution in [0.4, 0.5) is 0 Å². The average Bonchev–Trinajstić information content (AvgIpc) is 2.36. The summed E-state index contributed by atoms with van der Waals surface area (Å²) in [5.74, 6) is 0.835. The topological polar surface area (TPSA) is 12.0 Å². The zero-order valence-corrected chi connectivity index (χ0v) is 8.82. The van der Waals surface area contributed by atoms with Gasteiger partial charge in [0.1, 0.15) is 0 Å². The Labute approximate surface area is 76.9 Å². The summed E-state index contributed by atoms with van der Waals surface area (Å²) in [5, 5.41) is 3.70. The molecule has 1 fully saturated rings. The summed E-state index contributed by atoms with van der Waals surface area (Å²) in [5.41, 5.74) is 0.517. The van der Waals surface area contributed by atoms with Crippen molar-refractivity contribution in [3.63, 3.8) is 0 Å². The number of nitrogens with one attached hydrogen (secondary N) is 1. The van der Waals surface area contributed by atoms with Gasteiger partial charge in [0.15, 0.2) is 0 Å². The second-order valence-electron chi connectivity index (χ2n) is 4.66. The second-order valence-corrected chi connectivity index (χ2v) is 4.66. The van der Waals surface area contributed by atoms with Gasteiger partial charge < -0.3 is 5.32 Å². The van der Waals surface area contributed by atoms with E-state index in [-0.39, 0.29) is 0 Å². The summed E-state index contributed by atoms with van der Waals surface area (Å²) >= 11 is 0. The van der Waals surface area contributed by atoms with Gasteiger partial charge in [-0.1, -0.05) is 27.2 Å². The third-order valence-corrected chi connectivity index (χ3v) is 2.86. The Morgan fingerprint density at radius 1 is 1.42 bits per heavy atom. The minimum atomic E-state index is 0.517. The van der Waals surface area contributed by atoms with E-state index in [4.69, 9.17) is 0 Å². The molecule has 1 saturated heterocycles. The Morgan fingerprint density at radius 2 is 2.17 bits per heavy atom. The second kappa shape index (κ2) is 4.27. The Balaban J connectivity index is 2.46. The molecule has 0 aromatic rings. The summed E-state index contributed by atoms with van der Waals surface area (Å²) in [6.07, 6.45) is 6.83. The van der Waals surface area contributed by atoms with E-state index in [0.717, 1.165) is 5.92 Å². The minimum absolute atomic E-state index is 0.517. The van der Waals surface area contributed by atoms with Gasteiger partial charge in [0.25, 0.3) is 0 Å². The summed E-state index contributed by atoms with van der Waals surface area (Å²) in [6, 6.07) is 0. The van der Waals surface area contributed by atoms with Crippen molar-refractivity contribution in [3.8, 4) is 0 Å². The minimum Gasteiger partial charge on any atom is -0.311 e. The lowest BCUT2D eigenvalue weighted by Crippen LogP contribution is -2.40. The van der Waals surface area contributed by atoms with Crippen LogP contribution in [0.15, 0.2) is 0 Å². The van der Waals surface area contributed by atoms with Gasteiger partial charge in [0, 0.05) is 5.54 Å². The Hall–Kier alpha value is -0.0400.